The fourth-order valence-corrected chi connectivity index (χ4v) is 1.29. The lowest BCUT2D eigenvalue weighted by Crippen LogP contribution is -2.34. The van der Waals surface area contributed by atoms with Gasteiger partial charge in [0, 0.05) is 6.54 Å². The number of carbonyl (C=O) groups excluding carboxylic acids is 1. The number of hydrogen-bond acceptors (Lipinski definition) is 4. The number of nitrogens with zero attached hydrogens (tertiary/aromatic N) is 1. The Kier molecular flexibility index (Phi) is 3.86. The summed E-state index contributed by atoms with van der Waals surface area (Å²) in [6, 6.07) is 7.29. The first kappa shape index (κ1) is 12.0. The minimum absolute atomic E-state index is 0.00509. The molecule has 84 valence electrons. The van der Waals surface area contributed by atoms with E-state index in [4.69, 9.17) is 11.0 Å². The van der Waals surface area contributed by atoms with Gasteiger partial charge in [-0.3, -0.25) is 4.79 Å². The number of anilines is 1. The van der Waals surface area contributed by atoms with E-state index in [1.807, 2.05) is 19.1 Å². The molecule has 0 heterocycles. The molecule has 0 radical (unpaired) electrons. The summed E-state index contributed by atoms with van der Waals surface area (Å²) in [5.74, 6) is -0.792. The molecular formula is C11H13N3O2. The number of hydrogen-bond donors (Lipinski definition) is 3. The molecule has 0 aliphatic rings. The summed E-state index contributed by atoms with van der Waals surface area (Å²) in [4.78, 5) is 10.6. The molecule has 1 unspecified atom stereocenters. The number of nitriles is 1. The summed E-state index contributed by atoms with van der Waals surface area (Å²) >= 11 is 0. The second-order valence-electron chi connectivity index (χ2n) is 3.41. The average molecular weight is 219 g/mol. The molecule has 1 atom stereocenters. The fourth-order valence-electron chi connectivity index (χ4n) is 1.29. The first-order chi connectivity index (χ1) is 7.56. The first-order valence-corrected chi connectivity index (χ1v) is 4.77. The molecular weight excluding hydrogens is 206 g/mol. The standard InChI is InChI=1S/C11H13N3O2/c1-7-3-2-4-8(5-12)10(7)14-6-9(15)11(13)16/h2-4,9,14-15H,6H2,1H3,(H2,13,16). The van der Waals surface area contributed by atoms with Gasteiger partial charge in [-0.05, 0) is 18.6 Å². The molecule has 5 heteroatoms. The first-order valence-electron chi connectivity index (χ1n) is 4.77. The molecule has 0 saturated heterocycles. The number of primary amides is 1. The third-order valence-corrected chi connectivity index (χ3v) is 2.19. The highest BCUT2D eigenvalue weighted by Crippen LogP contribution is 2.19. The number of aliphatic hydroxyl groups excluding tert-OH is 1. The van der Waals surface area contributed by atoms with Crippen molar-refractivity contribution in [1.82, 2.24) is 0 Å². The number of nitrogens with one attached hydrogen (secondary N) is 1. The molecule has 16 heavy (non-hydrogen) atoms. The Balaban J connectivity index is 2.82. The Bertz CT molecular complexity index is 437. The van der Waals surface area contributed by atoms with E-state index in [2.05, 4.69) is 5.32 Å². The topological polar surface area (TPSA) is 99.1 Å². The molecule has 0 aliphatic carbocycles. The summed E-state index contributed by atoms with van der Waals surface area (Å²) < 4.78 is 0. The van der Waals surface area contributed by atoms with E-state index in [9.17, 15) is 9.90 Å². The van der Waals surface area contributed by atoms with Crippen molar-refractivity contribution in [1.29, 1.82) is 5.26 Å². The van der Waals surface area contributed by atoms with E-state index in [0.717, 1.165) is 5.56 Å². The normalized spacial score (nSPS) is 11.6. The molecule has 0 fully saturated rings. The predicted octanol–water partition coefficient (Wildman–Crippen LogP) is 0.125. The zero-order chi connectivity index (χ0) is 12.1. The molecule has 0 spiro atoms. The van der Waals surface area contributed by atoms with E-state index in [1.54, 1.807) is 12.1 Å². The van der Waals surface area contributed by atoms with Crippen LogP contribution in [-0.4, -0.2) is 23.7 Å². The van der Waals surface area contributed by atoms with Crippen molar-refractivity contribution >= 4 is 11.6 Å². The highest BCUT2D eigenvalue weighted by atomic mass is 16.3. The van der Waals surface area contributed by atoms with Crippen LogP contribution in [0.3, 0.4) is 0 Å². The van der Waals surface area contributed by atoms with Crippen molar-refractivity contribution in [2.45, 2.75) is 13.0 Å². The molecule has 0 saturated carbocycles. The van der Waals surface area contributed by atoms with Gasteiger partial charge in [0.2, 0.25) is 5.91 Å². The molecule has 1 aromatic carbocycles. The molecule has 1 amide bonds. The van der Waals surface area contributed by atoms with Gasteiger partial charge >= 0.3 is 0 Å². The summed E-state index contributed by atoms with van der Waals surface area (Å²) in [5, 5.41) is 20.9. The van der Waals surface area contributed by atoms with Crippen LogP contribution >= 0.6 is 0 Å². The number of rotatable bonds is 4. The maximum atomic E-state index is 10.6. The smallest absolute Gasteiger partial charge is 0.248 e. The largest absolute Gasteiger partial charge is 0.381 e. The second kappa shape index (κ2) is 5.14. The molecule has 5 nitrogen and oxygen atoms in total. The number of nitrogens with two attached hydrogens (primary N) is 1. The summed E-state index contributed by atoms with van der Waals surface area (Å²) in [6.45, 7) is 1.83. The molecule has 1 aromatic rings. The Morgan fingerprint density at radius 3 is 2.94 bits per heavy atom. The van der Waals surface area contributed by atoms with Crippen LogP contribution in [0.15, 0.2) is 18.2 Å². The van der Waals surface area contributed by atoms with Gasteiger partial charge in [-0.15, -0.1) is 0 Å². The van der Waals surface area contributed by atoms with Crippen LogP contribution in [0.2, 0.25) is 0 Å². The van der Waals surface area contributed by atoms with Crippen molar-refractivity contribution in [3.63, 3.8) is 0 Å². The van der Waals surface area contributed by atoms with Gasteiger partial charge in [0.1, 0.15) is 12.2 Å². The highest BCUT2D eigenvalue weighted by molar-refractivity contribution is 5.79. The summed E-state index contributed by atoms with van der Waals surface area (Å²) in [5.41, 5.74) is 6.87. The van der Waals surface area contributed by atoms with Crippen molar-refractivity contribution in [2.24, 2.45) is 5.73 Å². The SMILES string of the molecule is Cc1cccc(C#N)c1NCC(O)C(N)=O. The van der Waals surface area contributed by atoms with E-state index in [0.29, 0.717) is 11.3 Å². The Morgan fingerprint density at radius 1 is 1.69 bits per heavy atom. The van der Waals surface area contributed by atoms with Gasteiger partial charge in [-0.2, -0.15) is 5.26 Å². The van der Waals surface area contributed by atoms with Crippen molar-refractivity contribution in [2.75, 3.05) is 11.9 Å². The quantitative estimate of drug-likeness (QED) is 0.670. The van der Waals surface area contributed by atoms with Gasteiger partial charge in [0.15, 0.2) is 0 Å². The molecule has 0 aliphatic heterocycles. The van der Waals surface area contributed by atoms with Crippen LogP contribution < -0.4 is 11.1 Å². The van der Waals surface area contributed by atoms with Crippen LogP contribution in [0.4, 0.5) is 5.69 Å². The van der Waals surface area contributed by atoms with E-state index >= 15 is 0 Å². The van der Waals surface area contributed by atoms with Gasteiger partial charge in [-0.25, -0.2) is 0 Å². The summed E-state index contributed by atoms with van der Waals surface area (Å²) in [6.07, 6.45) is -1.26. The number of benzene rings is 1. The zero-order valence-corrected chi connectivity index (χ0v) is 8.90. The third-order valence-electron chi connectivity index (χ3n) is 2.19. The number of para-hydroxylation sites is 1. The Hall–Kier alpha value is -2.06. The number of amides is 1. The molecule has 0 aromatic heterocycles. The highest BCUT2D eigenvalue weighted by Gasteiger charge is 2.12. The van der Waals surface area contributed by atoms with Gasteiger partial charge < -0.3 is 16.2 Å². The van der Waals surface area contributed by atoms with Crippen molar-refractivity contribution in [3.8, 4) is 6.07 Å². The van der Waals surface area contributed by atoms with Gasteiger partial charge in [-0.1, -0.05) is 12.1 Å². The van der Waals surface area contributed by atoms with Crippen molar-refractivity contribution in [3.05, 3.63) is 29.3 Å². The third kappa shape index (κ3) is 2.72. The molecule has 0 bridgehead atoms. The van der Waals surface area contributed by atoms with E-state index in [1.165, 1.54) is 0 Å². The number of aliphatic hydroxyl groups is 1. The Morgan fingerprint density at radius 2 is 2.38 bits per heavy atom. The van der Waals surface area contributed by atoms with Crippen LogP contribution in [0.25, 0.3) is 0 Å². The van der Waals surface area contributed by atoms with Crippen LogP contribution in [0.5, 0.6) is 0 Å². The fraction of sp³-hybridized carbons (Fsp3) is 0.273. The lowest BCUT2D eigenvalue weighted by atomic mass is 10.1. The minimum Gasteiger partial charge on any atom is -0.381 e. The van der Waals surface area contributed by atoms with Crippen LogP contribution in [-0.2, 0) is 4.79 Å². The maximum Gasteiger partial charge on any atom is 0.248 e. The second-order valence-corrected chi connectivity index (χ2v) is 3.41. The Labute approximate surface area is 93.5 Å². The number of aryl methyl sites for hydroxylation is 1. The van der Waals surface area contributed by atoms with Gasteiger partial charge in [0.25, 0.3) is 0 Å². The monoisotopic (exact) mass is 219 g/mol. The van der Waals surface area contributed by atoms with E-state index in [-0.39, 0.29) is 6.54 Å². The molecule has 1 rings (SSSR count). The van der Waals surface area contributed by atoms with Crippen LogP contribution in [0, 0.1) is 18.3 Å². The minimum atomic E-state index is -1.26. The van der Waals surface area contributed by atoms with Crippen LogP contribution in [0.1, 0.15) is 11.1 Å². The number of carbonyl (C=O) groups is 1. The maximum absolute atomic E-state index is 10.6. The predicted molar refractivity (Wildman–Crippen MR) is 59.6 cm³/mol. The molecule has 4 N–H and O–H groups in total. The van der Waals surface area contributed by atoms with Gasteiger partial charge in [0.05, 0.1) is 11.3 Å². The lowest BCUT2D eigenvalue weighted by Gasteiger charge is -2.13. The zero-order valence-electron chi connectivity index (χ0n) is 8.90. The lowest BCUT2D eigenvalue weighted by molar-refractivity contribution is -0.125. The average Bonchev–Trinajstić information content (AvgIpc) is 2.26. The summed E-state index contributed by atoms with van der Waals surface area (Å²) in [7, 11) is 0. The van der Waals surface area contributed by atoms with Crippen molar-refractivity contribution < 1.29 is 9.90 Å². The van der Waals surface area contributed by atoms with E-state index < -0.39 is 12.0 Å².